The van der Waals surface area contributed by atoms with E-state index in [2.05, 4.69) is 39.5 Å². The number of hydrogen-bond acceptors (Lipinski definition) is 6. The number of aliphatic hydroxyl groups excluding tert-OH is 1. The summed E-state index contributed by atoms with van der Waals surface area (Å²) in [5.41, 5.74) is 0. The Morgan fingerprint density at radius 3 is 1.48 bits per heavy atom. The molecule has 0 saturated carbocycles. The zero-order valence-electron chi connectivity index (χ0n) is 35.7. The number of carbonyl (C=O) groups is 2. The maximum absolute atomic E-state index is 12.8. The Balaban J connectivity index is 4.10. The lowest BCUT2D eigenvalue weighted by Crippen LogP contribution is -2.37. The van der Waals surface area contributed by atoms with Gasteiger partial charge >= 0.3 is 11.9 Å². The van der Waals surface area contributed by atoms with Crippen LogP contribution >= 0.6 is 0 Å². The zero-order chi connectivity index (χ0) is 38.3. The van der Waals surface area contributed by atoms with E-state index in [9.17, 15) is 14.7 Å². The normalized spacial score (nSPS) is 13.4. The Morgan fingerprint density at radius 2 is 0.942 bits per heavy atom. The van der Waals surface area contributed by atoms with Crippen LogP contribution in [0.3, 0.4) is 0 Å². The van der Waals surface area contributed by atoms with Crippen molar-refractivity contribution in [2.24, 2.45) is 5.92 Å². The standard InChI is InChI=1S/C46H91NO5/c1-6-9-11-13-15-23-31-40-51-45(49)36-25-19-16-21-29-38-47(43(5)41-48)39-30-22-17-20-26-37-46(50)52-44(34-24-18-14-12-10-7-2)35-28-27-33-42(4)32-8-3/h42-44,48H,6-41H2,1-5H3. The maximum atomic E-state index is 12.8. The molecule has 0 aromatic rings. The van der Waals surface area contributed by atoms with Gasteiger partial charge in [-0.2, -0.15) is 0 Å². The van der Waals surface area contributed by atoms with Crippen LogP contribution in [0.15, 0.2) is 0 Å². The molecule has 0 amide bonds. The second-order valence-electron chi connectivity index (χ2n) is 16.3. The van der Waals surface area contributed by atoms with E-state index in [0.717, 1.165) is 102 Å². The molecule has 3 unspecified atom stereocenters. The fraction of sp³-hybridized carbons (Fsp3) is 0.957. The molecule has 0 aliphatic rings. The SMILES string of the molecule is CCCCCCCCCOC(=O)CCCCCCCN(CCCCCCCC(=O)OC(CCCCCCCC)CCCCC(C)CCC)C(C)CO. The van der Waals surface area contributed by atoms with Crippen molar-refractivity contribution < 1.29 is 24.2 Å². The number of nitrogens with zero attached hydrogens (tertiary/aromatic N) is 1. The molecular weight excluding hydrogens is 647 g/mol. The highest BCUT2D eigenvalue weighted by atomic mass is 16.5. The summed E-state index contributed by atoms with van der Waals surface area (Å²) in [6.45, 7) is 14.1. The number of unbranched alkanes of at least 4 members (excludes halogenated alkanes) is 20. The average Bonchev–Trinajstić information content (AvgIpc) is 3.13. The van der Waals surface area contributed by atoms with Gasteiger partial charge in [-0.1, -0.05) is 163 Å². The van der Waals surface area contributed by atoms with Gasteiger partial charge < -0.3 is 14.6 Å². The van der Waals surface area contributed by atoms with Gasteiger partial charge in [-0.3, -0.25) is 14.5 Å². The largest absolute Gasteiger partial charge is 0.466 e. The van der Waals surface area contributed by atoms with Crippen molar-refractivity contribution in [1.29, 1.82) is 0 Å². The summed E-state index contributed by atoms with van der Waals surface area (Å²) in [7, 11) is 0. The molecule has 0 saturated heterocycles. The topological polar surface area (TPSA) is 76.1 Å². The summed E-state index contributed by atoms with van der Waals surface area (Å²) >= 11 is 0. The number of ether oxygens (including phenoxy) is 2. The molecule has 0 fully saturated rings. The molecule has 0 bridgehead atoms. The number of rotatable bonds is 41. The lowest BCUT2D eigenvalue weighted by Gasteiger charge is -2.27. The monoisotopic (exact) mass is 738 g/mol. The first kappa shape index (κ1) is 50.9. The third kappa shape index (κ3) is 34.6. The third-order valence-corrected chi connectivity index (χ3v) is 11.0. The molecule has 0 aliphatic heterocycles. The van der Waals surface area contributed by atoms with E-state index in [1.807, 2.05) is 0 Å². The minimum Gasteiger partial charge on any atom is -0.466 e. The van der Waals surface area contributed by atoms with Crippen LogP contribution in [0.2, 0.25) is 0 Å². The van der Waals surface area contributed by atoms with E-state index in [-0.39, 0.29) is 30.7 Å². The molecule has 0 rings (SSSR count). The number of aliphatic hydroxyl groups is 1. The van der Waals surface area contributed by atoms with Gasteiger partial charge in [0.25, 0.3) is 0 Å². The van der Waals surface area contributed by atoms with Crippen LogP contribution in [0.25, 0.3) is 0 Å². The Morgan fingerprint density at radius 1 is 0.500 bits per heavy atom. The smallest absolute Gasteiger partial charge is 0.306 e. The van der Waals surface area contributed by atoms with Gasteiger partial charge in [-0.05, 0) is 83.7 Å². The van der Waals surface area contributed by atoms with Gasteiger partial charge in [0.1, 0.15) is 6.10 Å². The van der Waals surface area contributed by atoms with Crippen molar-refractivity contribution in [3.63, 3.8) is 0 Å². The number of hydrogen-bond donors (Lipinski definition) is 1. The zero-order valence-corrected chi connectivity index (χ0v) is 35.7. The van der Waals surface area contributed by atoms with Gasteiger partial charge in [-0.15, -0.1) is 0 Å². The Labute approximate surface area is 324 Å². The van der Waals surface area contributed by atoms with Crippen molar-refractivity contribution in [1.82, 2.24) is 4.90 Å². The molecule has 0 aromatic heterocycles. The molecule has 0 heterocycles. The predicted molar refractivity (Wildman–Crippen MR) is 223 cm³/mol. The highest BCUT2D eigenvalue weighted by Gasteiger charge is 2.15. The van der Waals surface area contributed by atoms with Crippen molar-refractivity contribution in [2.75, 3.05) is 26.3 Å². The minimum atomic E-state index is -0.0326. The molecule has 0 radical (unpaired) electrons. The molecule has 1 N–H and O–H groups in total. The molecular formula is C46H91NO5. The maximum Gasteiger partial charge on any atom is 0.306 e. The van der Waals surface area contributed by atoms with Crippen molar-refractivity contribution >= 4 is 11.9 Å². The fourth-order valence-electron chi connectivity index (χ4n) is 7.38. The molecule has 0 aromatic carbocycles. The Hall–Kier alpha value is -1.14. The summed E-state index contributed by atoms with van der Waals surface area (Å²) < 4.78 is 11.5. The number of esters is 2. The van der Waals surface area contributed by atoms with E-state index < -0.39 is 0 Å². The third-order valence-electron chi connectivity index (χ3n) is 11.0. The lowest BCUT2D eigenvalue weighted by molar-refractivity contribution is -0.150. The van der Waals surface area contributed by atoms with Crippen LogP contribution in [0.1, 0.15) is 240 Å². The van der Waals surface area contributed by atoms with Crippen molar-refractivity contribution in [3.05, 3.63) is 0 Å². The summed E-state index contributed by atoms with van der Waals surface area (Å²) in [6.07, 6.45) is 36.8. The van der Waals surface area contributed by atoms with E-state index in [1.54, 1.807) is 0 Å². The highest BCUT2D eigenvalue weighted by Crippen LogP contribution is 2.20. The van der Waals surface area contributed by atoms with Crippen molar-refractivity contribution in [2.45, 2.75) is 252 Å². The Kier molecular flexibility index (Phi) is 38.7. The molecule has 52 heavy (non-hydrogen) atoms. The van der Waals surface area contributed by atoms with Gasteiger partial charge in [0.15, 0.2) is 0 Å². The quantitative estimate of drug-likeness (QED) is 0.0497. The van der Waals surface area contributed by atoms with E-state index >= 15 is 0 Å². The van der Waals surface area contributed by atoms with Crippen LogP contribution in [-0.4, -0.2) is 60.4 Å². The van der Waals surface area contributed by atoms with E-state index in [4.69, 9.17) is 9.47 Å². The summed E-state index contributed by atoms with van der Waals surface area (Å²) in [6, 6.07) is 0.185. The van der Waals surface area contributed by atoms with Crippen LogP contribution in [0.4, 0.5) is 0 Å². The van der Waals surface area contributed by atoms with E-state index in [0.29, 0.717) is 19.4 Å². The fourth-order valence-corrected chi connectivity index (χ4v) is 7.38. The second kappa shape index (κ2) is 39.6. The first-order valence-corrected chi connectivity index (χ1v) is 23.1. The average molecular weight is 738 g/mol. The highest BCUT2D eigenvalue weighted by molar-refractivity contribution is 5.69. The molecule has 6 heteroatoms. The number of carbonyl (C=O) groups excluding carboxylic acids is 2. The minimum absolute atomic E-state index is 0.0111. The van der Waals surface area contributed by atoms with Gasteiger partial charge in [0, 0.05) is 18.9 Å². The van der Waals surface area contributed by atoms with Gasteiger partial charge in [0.05, 0.1) is 13.2 Å². The molecule has 6 nitrogen and oxygen atoms in total. The van der Waals surface area contributed by atoms with Gasteiger partial charge in [0.2, 0.25) is 0 Å². The second-order valence-corrected chi connectivity index (χ2v) is 16.3. The van der Waals surface area contributed by atoms with Crippen LogP contribution in [0.5, 0.6) is 0 Å². The summed E-state index contributed by atoms with van der Waals surface area (Å²) in [5, 5.41) is 9.82. The van der Waals surface area contributed by atoms with Crippen molar-refractivity contribution in [3.8, 4) is 0 Å². The molecule has 0 aliphatic carbocycles. The van der Waals surface area contributed by atoms with Crippen LogP contribution in [-0.2, 0) is 19.1 Å². The first-order valence-electron chi connectivity index (χ1n) is 23.1. The van der Waals surface area contributed by atoms with Crippen LogP contribution in [0, 0.1) is 5.92 Å². The molecule has 310 valence electrons. The first-order chi connectivity index (χ1) is 25.4. The molecule has 3 atom stereocenters. The Bertz CT molecular complexity index is 761. The summed E-state index contributed by atoms with van der Waals surface area (Å²) in [4.78, 5) is 27.2. The van der Waals surface area contributed by atoms with Crippen LogP contribution < -0.4 is 0 Å². The van der Waals surface area contributed by atoms with E-state index in [1.165, 1.54) is 109 Å². The summed E-state index contributed by atoms with van der Waals surface area (Å²) in [5.74, 6) is 0.785. The predicted octanol–water partition coefficient (Wildman–Crippen LogP) is 13.3. The van der Waals surface area contributed by atoms with Gasteiger partial charge in [-0.25, -0.2) is 0 Å². The lowest BCUT2D eigenvalue weighted by atomic mass is 9.97. The molecule has 0 spiro atoms.